The van der Waals surface area contributed by atoms with Crippen molar-refractivity contribution in [2.24, 2.45) is 0 Å². The molecule has 0 saturated carbocycles. The second-order valence-electron chi connectivity index (χ2n) is 5.93. The Morgan fingerprint density at radius 1 is 1.36 bits per heavy atom. The van der Waals surface area contributed by atoms with Crippen LogP contribution in [-0.2, 0) is 11.2 Å². The third-order valence-electron chi connectivity index (χ3n) is 4.50. The Hall–Kier alpha value is -1.76. The van der Waals surface area contributed by atoms with Crippen molar-refractivity contribution in [3.8, 4) is 11.5 Å². The zero-order chi connectivity index (χ0) is 18.0. The van der Waals surface area contributed by atoms with Crippen LogP contribution >= 0.6 is 22.9 Å². The zero-order valence-electron chi connectivity index (χ0n) is 14.5. The van der Waals surface area contributed by atoms with Crippen LogP contribution in [-0.4, -0.2) is 38.1 Å². The Kier molecular flexibility index (Phi) is 5.51. The molecule has 1 atom stereocenters. The molecule has 2 heterocycles. The van der Waals surface area contributed by atoms with Crippen LogP contribution in [0.25, 0.3) is 0 Å². The molecule has 0 bridgehead atoms. The van der Waals surface area contributed by atoms with E-state index >= 15 is 0 Å². The van der Waals surface area contributed by atoms with Crippen molar-refractivity contribution in [3.05, 3.63) is 39.0 Å². The van der Waals surface area contributed by atoms with Crippen LogP contribution in [0.2, 0.25) is 5.02 Å². The lowest BCUT2D eigenvalue weighted by atomic mass is 10.0. The first kappa shape index (κ1) is 18.0. The Morgan fingerprint density at radius 3 is 2.84 bits per heavy atom. The molecule has 1 unspecified atom stereocenters. The first-order valence-corrected chi connectivity index (χ1v) is 9.31. The number of nitrogens with zero attached hydrogens (tertiary/aromatic N) is 1. The number of carbonyl (C=O) groups is 1. The zero-order valence-corrected chi connectivity index (χ0v) is 16.0. The second-order valence-corrected chi connectivity index (χ2v) is 7.34. The van der Waals surface area contributed by atoms with Gasteiger partial charge in [0.1, 0.15) is 11.5 Å². The summed E-state index contributed by atoms with van der Waals surface area (Å²) < 4.78 is 10.5. The van der Waals surface area contributed by atoms with Gasteiger partial charge in [0, 0.05) is 23.5 Å². The minimum atomic E-state index is -0.0925. The molecule has 1 aliphatic rings. The number of methoxy groups -OCH3 is 2. The van der Waals surface area contributed by atoms with Gasteiger partial charge in [-0.25, -0.2) is 0 Å². The number of anilines is 1. The fraction of sp³-hybridized carbons (Fsp3) is 0.389. The molecule has 3 rings (SSSR count). The molecular weight excluding hydrogens is 360 g/mol. The van der Waals surface area contributed by atoms with Gasteiger partial charge < -0.3 is 14.8 Å². The average molecular weight is 381 g/mol. The number of benzene rings is 1. The van der Waals surface area contributed by atoms with Gasteiger partial charge in [0.25, 0.3) is 0 Å². The number of halogens is 1. The summed E-state index contributed by atoms with van der Waals surface area (Å²) in [6.07, 6.45) is 0.988. The maximum Gasteiger partial charge on any atom is 0.238 e. The third kappa shape index (κ3) is 3.76. The first-order valence-electron chi connectivity index (χ1n) is 8.05. The highest BCUT2D eigenvalue weighted by Crippen LogP contribution is 2.36. The van der Waals surface area contributed by atoms with Crippen molar-refractivity contribution in [1.29, 1.82) is 0 Å². The van der Waals surface area contributed by atoms with Crippen LogP contribution in [0, 0.1) is 0 Å². The van der Waals surface area contributed by atoms with Crippen LogP contribution in [0.5, 0.6) is 11.5 Å². The van der Waals surface area contributed by atoms with Gasteiger partial charge in [-0.1, -0.05) is 11.6 Å². The summed E-state index contributed by atoms with van der Waals surface area (Å²) in [5.74, 6) is 0.928. The molecule has 1 aliphatic heterocycles. The Balaban J connectivity index is 1.70. The van der Waals surface area contributed by atoms with E-state index in [4.69, 9.17) is 21.1 Å². The lowest BCUT2D eigenvalue weighted by Crippen LogP contribution is -2.39. The van der Waals surface area contributed by atoms with E-state index in [0.29, 0.717) is 28.8 Å². The van der Waals surface area contributed by atoms with E-state index in [0.717, 1.165) is 13.0 Å². The summed E-state index contributed by atoms with van der Waals surface area (Å²) in [4.78, 5) is 16.1. The Morgan fingerprint density at radius 2 is 2.12 bits per heavy atom. The second kappa shape index (κ2) is 7.64. The number of hydrogen-bond acceptors (Lipinski definition) is 5. The number of thiophene rings is 1. The number of carbonyl (C=O) groups excluding carboxylic acids is 1. The molecule has 1 aromatic heterocycles. The lowest BCUT2D eigenvalue weighted by Gasteiger charge is -2.33. The maximum atomic E-state index is 12.5. The van der Waals surface area contributed by atoms with Crippen LogP contribution in [0.1, 0.15) is 23.4 Å². The Bertz CT molecular complexity index is 778. The largest absolute Gasteiger partial charge is 0.495 e. The number of fused-ring (bicyclic) bond motifs is 1. The predicted molar refractivity (Wildman–Crippen MR) is 101 cm³/mol. The molecule has 25 heavy (non-hydrogen) atoms. The van der Waals surface area contributed by atoms with Gasteiger partial charge in [-0.3, -0.25) is 9.69 Å². The molecule has 0 fully saturated rings. The summed E-state index contributed by atoms with van der Waals surface area (Å²) in [7, 11) is 3.08. The number of amides is 1. The Labute approximate surface area is 156 Å². The number of rotatable bonds is 5. The third-order valence-corrected chi connectivity index (χ3v) is 5.79. The van der Waals surface area contributed by atoms with Crippen molar-refractivity contribution in [2.75, 3.05) is 32.6 Å². The molecule has 1 N–H and O–H groups in total. The summed E-state index contributed by atoms with van der Waals surface area (Å²) in [5, 5.41) is 5.44. The van der Waals surface area contributed by atoms with E-state index in [2.05, 4.69) is 28.6 Å². The highest BCUT2D eigenvalue weighted by molar-refractivity contribution is 7.10. The van der Waals surface area contributed by atoms with Crippen LogP contribution in [0.4, 0.5) is 5.69 Å². The summed E-state index contributed by atoms with van der Waals surface area (Å²) in [6, 6.07) is 5.70. The highest BCUT2D eigenvalue weighted by Gasteiger charge is 2.26. The normalized spacial score (nSPS) is 17.0. The molecule has 2 aromatic rings. The molecule has 7 heteroatoms. The van der Waals surface area contributed by atoms with E-state index in [-0.39, 0.29) is 11.9 Å². The van der Waals surface area contributed by atoms with Crippen LogP contribution < -0.4 is 14.8 Å². The molecule has 0 radical (unpaired) electrons. The number of nitrogens with one attached hydrogen (secondary N) is 1. The van der Waals surface area contributed by atoms with Crippen molar-refractivity contribution < 1.29 is 14.3 Å². The molecule has 1 amide bonds. The van der Waals surface area contributed by atoms with Crippen LogP contribution in [0.3, 0.4) is 0 Å². The maximum absolute atomic E-state index is 12.5. The topological polar surface area (TPSA) is 50.8 Å². The quantitative estimate of drug-likeness (QED) is 0.852. The van der Waals surface area contributed by atoms with Gasteiger partial charge in [0.05, 0.1) is 31.5 Å². The summed E-state index contributed by atoms with van der Waals surface area (Å²) >= 11 is 7.95. The van der Waals surface area contributed by atoms with Crippen molar-refractivity contribution in [3.63, 3.8) is 0 Å². The lowest BCUT2D eigenvalue weighted by molar-refractivity contribution is -0.117. The van der Waals surface area contributed by atoms with Crippen molar-refractivity contribution in [2.45, 2.75) is 19.4 Å². The number of ether oxygens (including phenoxy) is 2. The van der Waals surface area contributed by atoms with E-state index in [1.807, 2.05) is 0 Å². The van der Waals surface area contributed by atoms with Gasteiger partial charge in [-0.05, 0) is 36.4 Å². The molecule has 1 aromatic carbocycles. The van der Waals surface area contributed by atoms with Gasteiger partial charge in [-0.2, -0.15) is 0 Å². The average Bonchev–Trinajstić information content (AvgIpc) is 3.07. The van der Waals surface area contributed by atoms with Gasteiger partial charge in [0.2, 0.25) is 5.91 Å². The van der Waals surface area contributed by atoms with Gasteiger partial charge >= 0.3 is 0 Å². The SMILES string of the molecule is COc1cc(OC)c(NC(=O)CN2CCc3sccc3C2C)cc1Cl. The molecule has 0 spiro atoms. The minimum absolute atomic E-state index is 0.0925. The highest BCUT2D eigenvalue weighted by atomic mass is 35.5. The van der Waals surface area contributed by atoms with Crippen molar-refractivity contribution >= 4 is 34.5 Å². The smallest absolute Gasteiger partial charge is 0.238 e. The summed E-state index contributed by atoms with van der Waals surface area (Å²) in [6.45, 7) is 3.34. The fourth-order valence-corrected chi connectivity index (χ4v) is 4.31. The van der Waals surface area contributed by atoms with E-state index in [1.54, 1.807) is 30.6 Å². The van der Waals surface area contributed by atoms with Gasteiger partial charge in [0.15, 0.2) is 0 Å². The molecular formula is C18H21ClN2O3S. The van der Waals surface area contributed by atoms with E-state index in [1.165, 1.54) is 17.6 Å². The summed E-state index contributed by atoms with van der Waals surface area (Å²) in [5.41, 5.74) is 1.87. The molecule has 0 saturated heterocycles. The van der Waals surface area contributed by atoms with Crippen molar-refractivity contribution in [1.82, 2.24) is 4.90 Å². The monoisotopic (exact) mass is 380 g/mol. The van der Waals surface area contributed by atoms with Gasteiger partial charge in [-0.15, -0.1) is 11.3 Å². The molecule has 5 nitrogen and oxygen atoms in total. The number of hydrogen-bond donors (Lipinski definition) is 1. The minimum Gasteiger partial charge on any atom is -0.495 e. The fourth-order valence-electron chi connectivity index (χ4n) is 3.11. The van der Waals surface area contributed by atoms with E-state index < -0.39 is 0 Å². The molecule has 0 aliphatic carbocycles. The first-order chi connectivity index (χ1) is 12.0. The van der Waals surface area contributed by atoms with Crippen LogP contribution in [0.15, 0.2) is 23.6 Å². The van der Waals surface area contributed by atoms with E-state index in [9.17, 15) is 4.79 Å². The molecule has 134 valence electrons. The predicted octanol–water partition coefficient (Wildman–Crippen LogP) is 3.98. The standard InChI is InChI=1S/C18H21ClN2O3S/c1-11-12-5-7-25-17(12)4-6-21(11)10-18(22)20-14-8-13(19)15(23-2)9-16(14)24-3/h5,7-9,11H,4,6,10H2,1-3H3,(H,20,22).